The van der Waals surface area contributed by atoms with Gasteiger partial charge in [0.2, 0.25) is 11.2 Å². The lowest BCUT2D eigenvalue weighted by molar-refractivity contribution is -0.129. The van der Waals surface area contributed by atoms with E-state index in [1.807, 2.05) is 16.3 Å². The summed E-state index contributed by atoms with van der Waals surface area (Å²) in [7, 11) is 0. The molecule has 0 aliphatic carbocycles. The number of rotatable bonds is 4. The van der Waals surface area contributed by atoms with Crippen LogP contribution in [-0.4, -0.2) is 40.4 Å². The minimum atomic E-state index is 0.205. The number of likely N-dealkylation sites (tertiary alicyclic amines) is 1. The topological polar surface area (TPSA) is 58.1 Å². The fourth-order valence-electron chi connectivity index (χ4n) is 2.38. The van der Waals surface area contributed by atoms with Gasteiger partial charge in [0.05, 0.1) is 5.39 Å². The third-order valence-corrected chi connectivity index (χ3v) is 4.36. The third-order valence-electron chi connectivity index (χ3n) is 3.39. The summed E-state index contributed by atoms with van der Waals surface area (Å²) in [6.07, 6.45) is 2.72. The second-order valence-electron chi connectivity index (χ2n) is 4.75. The molecule has 2 aromatic rings. The number of aromatic nitrogens is 2. The van der Waals surface area contributed by atoms with E-state index < -0.39 is 0 Å². The minimum Gasteiger partial charge on any atom is -0.369 e. The summed E-state index contributed by atoms with van der Waals surface area (Å²) in [6, 6.07) is 1.96. The number of hydrogen-bond donors (Lipinski definition) is 1. The van der Waals surface area contributed by atoms with Gasteiger partial charge in [-0.3, -0.25) is 4.79 Å². The van der Waals surface area contributed by atoms with E-state index in [0.29, 0.717) is 18.8 Å². The first-order valence-electron chi connectivity index (χ1n) is 6.66. The normalized spacial score (nSPS) is 14.9. The molecule has 0 unspecified atom stereocenters. The monoisotopic (exact) mass is 310 g/mol. The first kappa shape index (κ1) is 13.6. The van der Waals surface area contributed by atoms with Crippen molar-refractivity contribution in [1.82, 2.24) is 14.9 Å². The minimum absolute atomic E-state index is 0.205. The lowest BCUT2D eigenvalue weighted by Gasteiger charge is -2.15. The van der Waals surface area contributed by atoms with Gasteiger partial charge >= 0.3 is 0 Å². The number of carbonyl (C=O) groups excluding carboxylic acids is 1. The van der Waals surface area contributed by atoms with Gasteiger partial charge < -0.3 is 10.2 Å². The molecule has 1 fully saturated rings. The van der Waals surface area contributed by atoms with Gasteiger partial charge in [-0.15, -0.1) is 11.3 Å². The predicted octanol–water partition coefficient (Wildman–Crippen LogP) is 2.77. The number of carbonyl (C=O) groups is 1. The van der Waals surface area contributed by atoms with Crippen molar-refractivity contribution in [3.8, 4) is 0 Å². The van der Waals surface area contributed by atoms with Crippen LogP contribution >= 0.6 is 22.9 Å². The van der Waals surface area contributed by atoms with Crippen molar-refractivity contribution >= 4 is 44.9 Å². The lowest BCUT2D eigenvalue weighted by atomic mass is 10.3. The van der Waals surface area contributed by atoms with Gasteiger partial charge in [0.25, 0.3) is 0 Å². The standard InChI is InChI=1S/C13H15ClN4OS/c14-13-16-11(9-4-8-20-12(9)17-13)15-5-3-10(19)18-6-1-2-7-18/h4,8H,1-3,5-7H2,(H,15,16,17). The summed E-state index contributed by atoms with van der Waals surface area (Å²) < 4.78 is 0. The zero-order chi connectivity index (χ0) is 13.9. The Morgan fingerprint density at radius 2 is 2.20 bits per heavy atom. The Labute approximate surface area is 126 Å². The Bertz CT molecular complexity index is 624. The molecule has 0 spiro atoms. The fraction of sp³-hybridized carbons (Fsp3) is 0.462. The largest absolute Gasteiger partial charge is 0.369 e. The number of hydrogen-bond acceptors (Lipinski definition) is 5. The molecule has 1 N–H and O–H groups in total. The Balaban J connectivity index is 1.62. The predicted molar refractivity (Wildman–Crippen MR) is 81.3 cm³/mol. The number of thiophene rings is 1. The molecule has 7 heteroatoms. The van der Waals surface area contributed by atoms with Gasteiger partial charge in [-0.05, 0) is 35.9 Å². The molecule has 1 saturated heterocycles. The van der Waals surface area contributed by atoms with Crippen molar-refractivity contribution in [2.24, 2.45) is 0 Å². The third kappa shape index (κ3) is 2.86. The van der Waals surface area contributed by atoms with Crippen LogP contribution in [0.4, 0.5) is 5.82 Å². The second-order valence-corrected chi connectivity index (χ2v) is 5.98. The Kier molecular flexibility index (Phi) is 4.03. The molecule has 1 aliphatic heterocycles. The second kappa shape index (κ2) is 5.93. The van der Waals surface area contributed by atoms with Crippen LogP contribution in [0.3, 0.4) is 0 Å². The highest BCUT2D eigenvalue weighted by molar-refractivity contribution is 7.16. The van der Waals surface area contributed by atoms with Crippen molar-refractivity contribution in [3.05, 3.63) is 16.7 Å². The number of nitrogens with one attached hydrogen (secondary N) is 1. The molecule has 3 heterocycles. The Morgan fingerprint density at radius 3 is 3.00 bits per heavy atom. The molecular formula is C13H15ClN4OS. The van der Waals surface area contributed by atoms with Gasteiger partial charge in [0, 0.05) is 26.1 Å². The molecule has 20 heavy (non-hydrogen) atoms. The summed E-state index contributed by atoms with van der Waals surface area (Å²) in [4.78, 5) is 23.1. The first-order chi connectivity index (χ1) is 9.74. The van der Waals surface area contributed by atoms with Crippen molar-refractivity contribution in [2.75, 3.05) is 25.0 Å². The zero-order valence-electron chi connectivity index (χ0n) is 10.9. The number of halogens is 1. The van der Waals surface area contributed by atoms with Crippen molar-refractivity contribution in [3.63, 3.8) is 0 Å². The zero-order valence-corrected chi connectivity index (χ0v) is 12.5. The van der Waals surface area contributed by atoms with Crippen LogP contribution in [0, 0.1) is 0 Å². The van der Waals surface area contributed by atoms with Crippen LogP contribution in [-0.2, 0) is 4.79 Å². The van der Waals surface area contributed by atoms with E-state index >= 15 is 0 Å². The van der Waals surface area contributed by atoms with E-state index in [4.69, 9.17) is 11.6 Å². The number of amides is 1. The quantitative estimate of drug-likeness (QED) is 0.882. The maximum Gasteiger partial charge on any atom is 0.225 e. The average molecular weight is 311 g/mol. The van der Waals surface area contributed by atoms with Gasteiger partial charge in [-0.2, -0.15) is 0 Å². The fourth-order valence-corrected chi connectivity index (χ4v) is 3.36. The maximum atomic E-state index is 11.9. The molecular weight excluding hydrogens is 296 g/mol. The van der Waals surface area contributed by atoms with Crippen molar-refractivity contribution in [2.45, 2.75) is 19.3 Å². The maximum absolute atomic E-state index is 11.9. The van der Waals surface area contributed by atoms with Crippen LogP contribution in [0.5, 0.6) is 0 Å². The smallest absolute Gasteiger partial charge is 0.225 e. The van der Waals surface area contributed by atoms with Crippen LogP contribution in [0.1, 0.15) is 19.3 Å². The Hall–Kier alpha value is -1.40. The summed E-state index contributed by atoms with van der Waals surface area (Å²) in [5, 5.41) is 6.33. The van der Waals surface area contributed by atoms with E-state index in [2.05, 4.69) is 15.3 Å². The average Bonchev–Trinajstić information content (AvgIpc) is 3.09. The highest BCUT2D eigenvalue weighted by atomic mass is 35.5. The van der Waals surface area contributed by atoms with Crippen LogP contribution in [0.25, 0.3) is 10.2 Å². The first-order valence-corrected chi connectivity index (χ1v) is 7.92. The van der Waals surface area contributed by atoms with Crippen molar-refractivity contribution < 1.29 is 4.79 Å². The molecule has 0 bridgehead atoms. The van der Waals surface area contributed by atoms with Crippen LogP contribution < -0.4 is 5.32 Å². The molecule has 0 saturated carbocycles. The van der Waals surface area contributed by atoms with E-state index in [-0.39, 0.29) is 11.2 Å². The van der Waals surface area contributed by atoms with E-state index in [9.17, 15) is 4.79 Å². The highest BCUT2D eigenvalue weighted by Crippen LogP contribution is 2.26. The SMILES string of the molecule is O=C(CCNc1nc(Cl)nc2sccc12)N1CCCC1. The highest BCUT2D eigenvalue weighted by Gasteiger charge is 2.17. The summed E-state index contributed by atoms with van der Waals surface area (Å²) in [5.74, 6) is 0.909. The van der Waals surface area contributed by atoms with Gasteiger partial charge in [0.1, 0.15) is 10.6 Å². The number of anilines is 1. The van der Waals surface area contributed by atoms with Crippen LogP contribution in [0.15, 0.2) is 11.4 Å². The van der Waals surface area contributed by atoms with Gasteiger partial charge in [0.15, 0.2) is 0 Å². The molecule has 5 nitrogen and oxygen atoms in total. The Morgan fingerprint density at radius 1 is 1.40 bits per heavy atom. The molecule has 106 valence electrons. The molecule has 0 atom stereocenters. The molecule has 0 radical (unpaired) electrons. The van der Waals surface area contributed by atoms with E-state index in [0.717, 1.165) is 36.1 Å². The molecule has 1 amide bonds. The van der Waals surface area contributed by atoms with E-state index in [1.54, 1.807) is 0 Å². The van der Waals surface area contributed by atoms with Crippen LogP contribution in [0.2, 0.25) is 5.28 Å². The molecule has 0 aromatic carbocycles. The summed E-state index contributed by atoms with van der Waals surface area (Å²) >= 11 is 7.42. The molecule has 3 rings (SSSR count). The van der Waals surface area contributed by atoms with E-state index in [1.165, 1.54) is 11.3 Å². The molecule has 2 aromatic heterocycles. The summed E-state index contributed by atoms with van der Waals surface area (Å²) in [6.45, 7) is 2.35. The summed E-state index contributed by atoms with van der Waals surface area (Å²) in [5.41, 5.74) is 0. The van der Waals surface area contributed by atoms with Crippen molar-refractivity contribution in [1.29, 1.82) is 0 Å². The lowest BCUT2D eigenvalue weighted by Crippen LogP contribution is -2.29. The number of nitrogens with zero attached hydrogens (tertiary/aromatic N) is 3. The van der Waals surface area contributed by atoms with Gasteiger partial charge in [-0.25, -0.2) is 9.97 Å². The van der Waals surface area contributed by atoms with Gasteiger partial charge in [-0.1, -0.05) is 0 Å². The number of fused-ring (bicyclic) bond motifs is 1. The molecule has 1 aliphatic rings.